The lowest BCUT2D eigenvalue weighted by Gasteiger charge is -2.07. The predicted molar refractivity (Wildman–Crippen MR) is 92.2 cm³/mol. The van der Waals surface area contributed by atoms with Crippen molar-refractivity contribution in [1.29, 1.82) is 0 Å². The molecule has 2 aromatic carbocycles. The van der Waals surface area contributed by atoms with Gasteiger partial charge in [-0.3, -0.25) is 25.0 Å². The zero-order valence-corrected chi connectivity index (χ0v) is 13.9. The smallest absolute Gasteiger partial charge is 0.317 e. The zero-order chi connectivity index (χ0) is 19.0. The predicted octanol–water partition coefficient (Wildman–Crippen LogP) is 3.84. The monoisotopic (exact) mass is 396 g/mol. The highest BCUT2D eigenvalue weighted by molar-refractivity contribution is 6.46. The molecule has 1 N–H and O–H groups in total. The number of para-hydroxylation sites is 1. The minimum Gasteiger partial charge on any atom is -0.435 e. The molecule has 132 valence electrons. The van der Waals surface area contributed by atoms with Gasteiger partial charge < -0.3 is 9.72 Å². The van der Waals surface area contributed by atoms with Gasteiger partial charge in [0, 0.05) is 0 Å². The fraction of sp³-hybridized carbons (Fsp3) is 0. The fourth-order valence-electron chi connectivity index (χ4n) is 2.21. The Bertz CT molecular complexity index is 1120. The summed E-state index contributed by atoms with van der Waals surface area (Å²) in [7, 11) is 0. The van der Waals surface area contributed by atoms with Crippen molar-refractivity contribution in [2.45, 2.75) is 0 Å². The summed E-state index contributed by atoms with van der Waals surface area (Å²) in [6.07, 6.45) is 0. The van der Waals surface area contributed by atoms with E-state index in [0.29, 0.717) is 0 Å². The molecule has 3 aromatic rings. The minimum atomic E-state index is -0.933. The number of nitrogens with one attached hydrogen (secondary N) is 1. The third-order valence-corrected chi connectivity index (χ3v) is 4.11. The van der Waals surface area contributed by atoms with Crippen LogP contribution < -0.4 is 10.3 Å². The molecular weight excluding hydrogens is 391 g/mol. The Morgan fingerprint density at radius 1 is 1.00 bits per heavy atom. The number of halogens is 2. The first-order chi connectivity index (χ1) is 12.3. The second kappa shape index (κ2) is 6.58. The van der Waals surface area contributed by atoms with Crippen LogP contribution in [0.25, 0.3) is 11.0 Å². The van der Waals surface area contributed by atoms with E-state index < -0.39 is 53.7 Å². The standard InChI is InChI=1S/C14H6Cl2N4O6/c15-7-8(16)12(20(24)25)10-9(11(7)19(22)23)17-13(21)14(18-10)26-6-4-2-1-3-5-6/h1-5H,(H,17,21). The molecule has 12 heteroatoms. The SMILES string of the molecule is O=c1[nH]c2c([N+](=O)[O-])c(Cl)c(Cl)c([N+](=O)[O-])c2nc1Oc1ccccc1. The molecule has 26 heavy (non-hydrogen) atoms. The van der Waals surface area contributed by atoms with Gasteiger partial charge in [-0.25, -0.2) is 0 Å². The molecule has 0 atom stereocenters. The molecule has 1 aromatic heterocycles. The maximum Gasteiger partial charge on any atom is 0.317 e. The molecule has 0 unspecified atom stereocenters. The van der Waals surface area contributed by atoms with Crippen molar-refractivity contribution in [2.24, 2.45) is 0 Å². The summed E-state index contributed by atoms with van der Waals surface area (Å²) in [5, 5.41) is 21.3. The molecule has 0 bridgehead atoms. The van der Waals surface area contributed by atoms with E-state index in [9.17, 15) is 25.0 Å². The van der Waals surface area contributed by atoms with Crippen molar-refractivity contribution in [3.8, 4) is 11.6 Å². The molecule has 3 rings (SSSR count). The van der Waals surface area contributed by atoms with Crippen LogP contribution in [0.4, 0.5) is 11.4 Å². The number of fused-ring (bicyclic) bond motifs is 1. The van der Waals surface area contributed by atoms with Crippen LogP contribution in [0.5, 0.6) is 11.6 Å². The maximum atomic E-state index is 12.2. The molecular formula is C14H6Cl2N4O6. The molecule has 10 nitrogen and oxygen atoms in total. The van der Waals surface area contributed by atoms with E-state index in [1.807, 2.05) is 0 Å². The van der Waals surface area contributed by atoms with Gasteiger partial charge in [0.25, 0.3) is 5.88 Å². The van der Waals surface area contributed by atoms with Gasteiger partial charge in [-0.1, -0.05) is 41.4 Å². The topological polar surface area (TPSA) is 141 Å². The number of ether oxygens (including phenoxy) is 1. The summed E-state index contributed by atoms with van der Waals surface area (Å²) in [4.78, 5) is 38.9. The Balaban J connectivity index is 2.36. The maximum absolute atomic E-state index is 12.2. The van der Waals surface area contributed by atoms with Crippen LogP contribution in [0, 0.1) is 20.2 Å². The summed E-state index contributed by atoms with van der Waals surface area (Å²) >= 11 is 11.6. The molecule has 0 amide bonds. The lowest BCUT2D eigenvalue weighted by molar-refractivity contribution is -0.386. The summed E-state index contributed by atoms with van der Waals surface area (Å²) in [5.41, 5.74) is -3.57. The Morgan fingerprint density at radius 3 is 2.15 bits per heavy atom. The molecule has 0 spiro atoms. The van der Waals surface area contributed by atoms with E-state index in [4.69, 9.17) is 27.9 Å². The van der Waals surface area contributed by atoms with Crippen molar-refractivity contribution in [1.82, 2.24) is 9.97 Å². The van der Waals surface area contributed by atoms with E-state index in [1.165, 1.54) is 12.1 Å². The number of nitrogens with zero attached hydrogens (tertiary/aromatic N) is 3. The highest BCUT2D eigenvalue weighted by atomic mass is 35.5. The number of nitro benzene ring substituents is 2. The molecule has 0 fully saturated rings. The third kappa shape index (κ3) is 2.91. The average Bonchev–Trinajstić information content (AvgIpc) is 2.58. The lowest BCUT2D eigenvalue weighted by Crippen LogP contribution is -2.13. The van der Waals surface area contributed by atoms with Crippen LogP contribution in [-0.4, -0.2) is 19.8 Å². The minimum absolute atomic E-state index is 0.238. The van der Waals surface area contributed by atoms with Gasteiger partial charge in [-0.2, -0.15) is 4.98 Å². The van der Waals surface area contributed by atoms with Crippen molar-refractivity contribution in [3.05, 3.63) is 71.0 Å². The number of rotatable bonds is 4. The third-order valence-electron chi connectivity index (χ3n) is 3.28. The molecule has 1 heterocycles. The second-order valence-electron chi connectivity index (χ2n) is 4.85. The van der Waals surface area contributed by atoms with Crippen LogP contribution in [0.2, 0.25) is 10.0 Å². The molecule has 0 saturated carbocycles. The summed E-state index contributed by atoms with van der Waals surface area (Å²) < 4.78 is 5.30. The van der Waals surface area contributed by atoms with Gasteiger partial charge in [0.1, 0.15) is 15.8 Å². The fourth-order valence-corrected chi connectivity index (χ4v) is 2.71. The Labute approximate surface area is 153 Å². The lowest BCUT2D eigenvalue weighted by atomic mass is 10.2. The Morgan fingerprint density at radius 2 is 1.58 bits per heavy atom. The van der Waals surface area contributed by atoms with E-state index in [2.05, 4.69) is 9.97 Å². The van der Waals surface area contributed by atoms with Crippen LogP contribution in [-0.2, 0) is 0 Å². The molecule has 0 saturated heterocycles. The molecule has 0 radical (unpaired) electrons. The van der Waals surface area contributed by atoms with E-state index >= 15 is 0 Å². The van der Waals surface area contributed by atoms with Crippen LogP contribution in [0.15, 0.2) is 35.1 Å². The van der Waals surface area contributed by atoms with E-state index in [0.717, 1.165) is 0 Å². The van der Waals surface area contributed by atoms with Gasteiger partial charge in [0.15, 0.2) is 11.0 Å². The molecule has 0 aliphatic heterocycles. The Hall–Kier alpha value is -3.24. The molecule has 0 aliphatic rings. The highest BCUT2D eigenvalue weighted by Gasteiger charge is 2.33. The van der Waals surface area contributed by atoms with Crippen molar-refractivity contribution in [2.75, 3.05) is 0 Å². The summed E-state index contributed by atoms with van der Waals surface area (Å²) in [5.74, 6) is -0.304. The van der Waals surface area contributed by atoms with Gasteiger partial charge in [0.2, 0.25) is 0 Å². The van der Waals surface area contributed by atoms with Gasteiger partial charge in [-0.15, -0.1) is 0 Å². The van der Waals surface area contributed by atoms with Crippen LogP contribution in [0.1, 0.15) is 0 Å². The van der Waals surface area contributed by atoms with Gasteiger partial charge in [-0.05, 0) is 12.1 Å². The van der Waals surface area contributed by atoms with Crippen molar-refractivity contribution >= 4 is 45.6 Å². The number of hydrogen-bond donors (Lipinski definition) is 1. The van der Waals surface area contributed by atoms with Crippen molar-refractivity contribution < 1.29 is 14.6 Å². The van der Waals surface area contributed by atoms with Gasteiger partial charge in [0.05, 0.1) is 9.85 Å². The van der Waals surface area contributed by atoms with Crippen LogP contribution >= 0.6 is 23.2 Å². The van der Waals surface area contributed by atoms with E-state index in [-0.39, 0.29) is 5.75 Å². The highest BCUT2D eigenvalue weighted by Crippen LogP contribution is 2.44. The quantitative estimate of drug-likeness (QED) is 0.521. The first-order valence-corrected chi connectivity index (χ1v) is 7.53. The Kier molecular flexibility index (Phi) is 4.45. The number of aromatic nitrogens is 2. The first-order valence-electron chi connectivity index (χ1n) is 6.78. The van der Waals surface area contributed by atoms with Gasteiger partial charge >= 0.3 is 16.9 Å². The summed E-state index contributed by atoms with van der Waals surface area (Å²) in [6, 6.07) is 8.03. The normalized spacial score (nSPS) is 10.7. The number of aromatic amines is 1. The number of nitro groups is 2. The number of hydrogen-bond acceptors (Lipinski definition) is 7. The largest absolute Gasteiger partial charge is 0.435 e. The number of H-pyrrole nitrogens is 1. The average molecular weight is 397 g/mol. The summed E-state index contributed by atoms with van der Waals surface area (Å²) in [6.45, 7) is 0. The van der Waals surface area contributed by atoms with Crippen LogP contribution in [0.3, 0.4) is 0 Å². The first kappa shape index (κ1) is 17.6. The zero-order valence-electron chi connectivity index (χ0n) is 12.4. The number of benzene rings is 2. The second-order valence-corrected chi connectivity index (χ2v) is 5.61. The van der Waals surface area contributed by atoms with E-state index in [1.54, 1.807) is 18.2 Å². The molecule has 0 aliphatic carbocycles. The van der Waals surface area contributed by atoms with Crippen molar-refractivity contribution in [3.63, 3.8) is 0 Å².